The Morgan fingerprint density at radius 3 is 2.68 bits per heavy atom. The molecular formula is C21H16F2N4O3S. The number of aromatic amines is 1. The highest BCUT2D eigenvalue weighted by Crippen LogP contribution is 2.31. The summed E-state index contributed by atoms with van der Waals surface area (Å²) in [6, 6.07) is 12.2. The Bertz CT molecular complexity index is 1220. The van der Waals surface area contributed by atoms with Gasteiger partial charge in [-0.15, -0.1) is 0 Å². The van der Waals surface area contributed by atoms with Crippen molar-refractivity contribution in [3.8, 4) is 0 Å². The Kier molecular flexibility index (Phi) is 5.81. The van der Waals surface area contributed by atoms with Crippen molar-refractivity contribution in [1.29, 1.82) is 0 Å². The third-order valence-electron chi connectivity index (χ3n) is 4.65. The second-order valence-electron chi connectivity index (χ2n) is 6.83. The molecule has 0 radical (unpaired) electrons. The standard InChI is InChI=1S/C21H16F2N4O3S/c22-12-6-7-15(14(23)8-12)24-19(29)13-9-16(28)25-18-17(13)20(30)27-21(26-18)31-10-11-4-2-1-3-5-11/h1-8,13H,9-10H2,(H,24,29)(H2,25,26,27,28,30)/t13-/m0/s1. The summed E-state index contributed by atoms with van der Waals surface area (Å²) in [5.41, 5.74) is 0.192. The summed E-state index contributed by atoms with van der Waals surface area (Å²) in [6.45, 7) is 0. The molecule has 0 fully saturated rings. The van der Waals surface area contributed by atoms with Gasteiger partial charge < -0.3 is 15.6 Å². The molecule has 31 heavy (non-hydrogen) atoms. The van der Waals surface area contributed by atoms with E-state index in [-0.39, 0.29) is 23.5 Å². The van der Waals surface area contributed by atoms with Crippen LogP contribution in [0.5, 0.6) is 0 Å². The van der Waals surface area contributed by atoms with E-state index in [9.17, 15) is 23.2 Å². The molecule has 0 saturated heterocycles. The smallest absolute Gasteiger partial charge is 0.257 e. The van der Waals surface area contributed by atoms with Crippen LogP contribution in [0.25, 0.3) is 0 Å². The first-order valence-electron chi connectivity index (χ1n) is 9.27. The van der Waals surface area contributed by atoms with Gasteiger partial charge in [0.25, 0.3) is 5.56 Å². The summed E-state index contributed by atoms with van der Waals surface area (Å²) in [5, 5.41) is 5.12. The SMILES string of the molecule is O=C1C[C@H](C(=O)Nc2ccc(F)cc2F)c2c(nc(SCc3ccccc3)[nH]c2=O)N1. The van der Waals surface area contributed by atoms with Crippen LogP contribution in [-0.4, -0.2) is 21.8 Å². The number of halogens is 2. The Hall–Kier alpha value is -3.53. The zero-order chi connectivity index (χ0) is 22.0. The van der Waals surface area contributed by atoms with Gasteiger partial charge in [-0.3, -0.25) is 14.4 Å². The fraction of sp³-hybridized carbons (Fsp3) is 0.143. The van der Waals surface area contributed by atoms with Crippen molar-refractivity contribution in [3.05, 3.63) is 81.6 Å². The number of thioether (sulfide) groups is 1. The molecule has 0 bridgehead atoms. The summed E-state index contributed by atoms with van der Waals surface area (Å²) in [7, 11) is 0. The second kappa shape index (κ2) is 8.68. The van der Waals surface area contributed by atoms with Crippen LogP contribution in [-0.2, 0) is 15.3 Å². The number of H-pyrrole nitrogens is 1. The molecule has 0 spiro atoms. The lowest BCUT2D eigenvalue weighted by Gasteiger charge is -2.23. The quantitative estimate of drug-likeness (QED) is 0.415. The molecule has 3 N–H and O–H groups in total. The topological polar surface area (TPSA) is 104 Å². The molecule has 1 aromatic heterocycles. The molecule has 0 aliphatic carbocycles. The van der Waals surface area contributed by atoms with Gasteiger partial charge in [-0.25, -0.2) is 13.8 Å². The zero-order valence-electron chi connectivity index (χ0n) is 15.9. The number of hydrogen-bond acceptors (Lipinski definition) is 5. The van der Waals surface area contributed by atoms with Crippen LogP contribution in [0.4, 0.5) is 20.3 Å². The van der Waals surface area contributed by atoms with Crippen molar-refractivity contribution >= 4 is 35.1 Å². The summed E-state index contributed by atoms with van der Waals surface area (Å²) in [5.74, 6) is -3.65. The van der Waals surface area contributed by atoms with E-state index >= 15 is 0 Å². The minimum atomic E-state index is -1.17. The fourth-order valence-electron chi connectivity index (χ4n) is 3.18. The van der Waals surface area contributed by atoms with E-state index in [1.807, 2.05) is 30.3 Å². The minimum Gasteiger partial charge on any atom is -0.323 e. The normalized spacial score (nSPS) is 15.2. The average Bonchev–Trinajstić information content (AvgIpc) is 2.74. The van der Waals surface area contributed by atoms with Gasteiger partial charge in [0.2, 0.25) is 11.8 Å². The molecule has 3 aromatic rings. The van der Waals surface area contributed by atoms with E-state index in [1.165, 1.54) is 11.8 Å². The van der Waals surface area contributed by atoms with E-state index in [0.717, 1.165) is 17.7 Å². The first kappa shape index (κ1) is 20.7. The summed E-state index contributed by atoms with van der Waals surface area (Å²) < 4.78 is 27.0. The first-order chi connectivity index (χ1) is 14.9. The predicted octanol–water partition coefficient (Wildman–Crippen LogP) is 3.40. The molecule has 10 heteroatoms. The van der Waals surface area contributed by atoms with Gasteiger partial charge in [0.1, 0.15) is 17.5 Å². The number of nitrogens with zero attached hydrogens (tertiary/aromatic N) is 1. The molecule has 2 heterocycles. The van der Waals surface area contributed by atoms with Crippen molar-refractivity contribution in [2.75, 3.05) is 10.6 Å². The number of fused-ring (bicyclic) bond motifs is 1. The third-order valence-corrected chi connectivity index (χ3v) is 5.60. The maximum Gasteiger partial charge on any atom is 0.257 e. The number of hydrogen-bond donors (Lipinski definition) is 3. The van der Waals surface area contributed by atoms with Gasteiger partial charge >= 0.3 is 0 Å². The molecule has 0 unspecified atom stereocenters. The van der Waals surface area contributed by atoms with E-state index in [0.29, 0.717) is 17.0 Å². The number of benzene rings is 2. The number of anilines is 2. The molecule has 2 amide bonds. The van der Waals surface area contributed by atoms with Gasteiger partial charge in [-0.05, 0) is 17.7 Å². The van der Waals surface area contributed by atoms with Crippen molar-refractivity contribution in [1.82, 2.24) is 9.97 Å². The van der Waals surface area contributed by atoms with Crippen LogP contribution in [0, 0.1) is 11.6 Å². The van der Waals surface area contributed by atoms with Crippen molar-refractivity contribution in [2.24, 2.45) is 0 Å². The molecule has 1 atom stereocenters. The van der Waals surface area contributed by atoms with E-state index < -0.39 is 34.9 Å². The highest BCUT2D eigenvalue weighted by Gasteiger charge is 2.35. The van der Waals surface area contributed by atoms with Crippen molar-refractivity contribution in [2.45, 2.75) is 23.2 Å². The lowest BCUT2D eigenvalue weighted by Crippen LogP contribution is -2.36. The van der Waals surface area contributed by atoms with Gasteiger partial charge in [0.15, 0.2) is 5.16 Å². The molecule has 2 aromatic carbocycles. The molecule has 1 aliphatic rings. The lowest BCUT2D eigenvalue weighted by atomic mass is 9.92. The zero-order valence-corrected chi connectivity index (χ0v) is 16.8. The van der Waals surface area contributed by atoms with Gasteiger partial charge in [-0.1, -0.05) is 42.1 Å². The molecule has 7 nitrogen and oxygen atoms in total. The van der Waals surface area contributed by atoms with Gasteiger partial charge in [0, 0.05) is 18.2 Å². The Balaban J connectivity index is 1.59. The lowest BCUT2D eigenvalue weighted by molar-refractivity contribution is -0.123. The van der Waals surface area contributed by atoms with Crippen molar-refractivity contribution < 1.29 is 18.4 Å². The number of rotatable bonds is 5. The van der Waals surface area contributed by atoms with Crippen LogP contribution in [0.1, 0.15) is 23.5 Å². The van der Waals surface area contributed by atoms with Crippen LogP contribution in [0.15, 0.2) is 58.5 Å². The Morgan fingerprint density at radius 2 is 1.94 bits per heavy atom. The maximum absolute atomic E-state index is 13.9. The third kappa shape index (κ3) is 4.64. The summed E-state index contributed by atoms with van der Waals surface area (Å²) >= 11 is 1.27. The van der Waals surface area contributed by atoms with Crippen LogP contribution in [0.2, 0.25) is 0 Å². The number of aromatic nitrogens is 2. The highest BCUT2D eigenvalue weighted by molar-refractivity contribution is 7.98. The number of carbonyl (C=O) groups is 2. The number of amides is 2. The molecular weight excluding hydrogens is 426 g/mol. The second-order valence-corrected chi connectivity index (χ2v) is 7.79. The Morgan fingerprint density at radius 1 is 1.16 bits per heavy atom. The highest BCUT2D eigenvalue weighted by atomic mass is 32.2. The predicted molar refractivity (Wildman–Crippen MR) is 112 cm³/mol. The van der Waals surface area contributed by atoms with Gasteiger partial charge in [0.05, 0.1) is 17.2 Å². The molecule has 158 valence electrons. The first-order valence-corrected chi connectivity index (χ1v) is 10.3. The monoisotopic (exact) mass is 442 g/mol. The van der Waals surface area contributed by atoms with E-state index in [2.05, 4.69) is 20.6 Å². The molecule has 4 rings (SSSR count). The van der Waals surface area contributed by atoms with Crippen LogP contribution < -0.4 is 16.2 Å². The molecule has 1 aliphatic heterocycles. The molecule has 0 saturated carbocycles. The summed E-state index contributed by atoms with van der Waals surface area (Å²) in [4.78, 5) is 44.5. The number of nitrogens with one attached hydrogen (secondary N) is 3. The van der Waals surface area contributed by atoms with Crippen molar-refractivity contribution in [3.63, 3.8) is 0 Å². The Labute approximate surface area is 179 Å². The number of carbonyl (C=O) groups excluding carboxylic acids is 2. The maximum atomic E-state index is 13.9. The summed E-state index contributed by atoms with van der Waals surface area (Å²) in [6.07, 6.45) is -0.303. The average molecular weight is 442 g/mol. The fourth-order valence-corrected chi connectivity index (χ4v) is 4.00. The van der Waals surface area contributed by atoms with Gasteiger partial charge in [-0.2, -0.15) is 0 Å². The largest absolute Gasteiger partial charge is 0.323 e. The van der Waals surface area contributed by atoms with Crippen LogP contribution >= 0.6 is 11.8 Å². The minimum absolute atomic E-state index is 0.00436. The van der Waals surface area contributed by atoms with Crippen LogP contribution in [0.3, 0.4) is 0 Å². The van der Waals surface area contributed by atoms with E-state index in [1.54, 1.807) is 0 Å². The van der Waals surface area contributed by atoms with E-state index in [4.69, 9.17) is 0 Å².